The molecule has 1 aliphatic carbocycles. The lowest BCUT2D eigenvalue weighted by atomic mass is 9.99. The SMILES string of the molecule is COc1ccc2c(c1)c(C(C)=O)cn2CCCN1C2CCC1CC(OCC1CC1)C2. The van der Waals surface area contributed by atoms with Gasteiger partial charge in [0.15, 0.2) is 5.78 Å². The van der Waals surface area contributed by atoms with Crippen molar-refractivity contribution in [1.82, 2.24) is 9.47 Å². The molecule has 2 atom stereocenters. The van der Waals surface area contributed by atoms with Gasteiger partial charge in [0.2, 0.25) is 0 Å². The van der Waals surface area contributed by atoms with Crippen molar-refractivity contribution >= 4 is 16.7 Å². The van der Waals surface area contributed by atoms with Gasteiger partial charge in [0, 0.05) is 54.4 Å². The number of benzene rings is 1. The van der Waals surface area contributed by atoms with Crippen molar-refractivity contribution in [3.8, 4) is 5.75 Å². The molecule has 5 heteroatoms. The van der Waals surface area contributed by atoms with Crippen LogP contribution in [0.2, 0.25) is 0 Å². The molecule has 2 unspecified atom stereocenters. The van der Waals surface area contributed by atoms with Crippen LogP contribution in [0.5, 0.6) is 5.75 Å². The first-order valence-corrected chi connectivity index (χ1v) is 11.7. The van der Waals surface area contributed by atoms with Crippen LogP contribution in [0.1, 0.15) is 62.2 Å². The Kier molecular flexibility index (Phi) is 5.59. The summed E-state index contributed by atoms with van der Waals surface area (Å²) in [5.74, 6) is 1.77. The Morgan fingerprint density at radius 1 is 1.10 bits per heavy atom. The van der Waals surface area contributed by atoms with Gasteiger partial charge in [-0.05, 0) is 76.0 Å². The van der Waals surface area contributed by atoms with Gasteiger partial charge in [-0.25, -0.2) is 0 Å². The number of fused-ring (bicyclic) bond motifs is 3. The lowest BCUT2D eigenvalue weighted by molar-refractivity contribution is -0.0241. The molecule has 3 fully saturated rings. The molecular formula is C25H34N2O3. The highest BCUT2D eigenvalue weighted by molar-refractivity contribution is 6.07. The van der Waals surface area contributed by atoms with E-state index in [0.717, 1.165) is 54.3 Å². The molecule has 1 aromatic carbocycles. The Balaban J connectivity index is 1.21. The van der Waals surface area contributed by atoms with Crippen molar-refractivity contribution in [1.29, 1.82) is 0 Å². The fourth-order valence-electron chi connectivity index (χ4n) is 5.57. The van der Waals surface area contributed by atoms with Gasteiger partial charge in [0.1, 0.15) is 5.75 Å². The highest BCUT2D eigenvalue weighted by atomic mass is 16.5. The first-order valence-electron chi connectivity index (χ1n) is 11.7. The van der Waals surface area contributed by atoms with Crippen LogP contribution in [-0.4, -0.2) is 53.7 Å². The van der Waals surface area contributed by atoms with Gasteiger partial charge in [-0.1, -0.05) is 0 Å². The lowest BCUT2D eigenvalue weighted by Crippen LogP contribution is -2.46. The van der Waals surface area contributed by atoms with Crippen LogP contribution in [0.15, 0.2) is 24.4 Å². The van der Waals surface area contributed by atoms with E-state index in [2.05, 4.69) is 15.5 Å². The highest BCUT2D eigenvalue weighted by Crippen LogP contribution is 2.38. The zero-order chi connectivity index (χ0) is 20.7. The van der Waals surface area contributed by atoms with Crippen LogP contribution in [0.4, 0.5) is 0 Å². The molecule has 162 valence electrons. The van der Waals surface area contributed by atoms with E-state index in [1.165, 1.54) is 38.5 Å². The van der Waals surface area contributed by atoms with Gasteiger partial charge in [0.25, 0.3) is 0 Å². The summed E-state index contributed by atoms with van der Waals surface area (Å²) < 4.78 is 13.8. The predicted molar refractivity (Wildman–Crippen MR) is 118 cm³/mol. The van der Waals surface area contributed by atoms with E-state index in [1.807, 2.05) is 18.3 Å². The third kappa shape index (κ3) is 4.02. The third-order valence-electron chi connectivity index (χ3n) is 7.39. The summed E-state index contributed by atoms with van der Waals surface area (Å²) in [6, 6.07) is 7.44. The van der Waals surface area contributed by atoms with Crippen LogP contribution in [0, 0.1) is 5.92 Å². The number of piperidine rings is 1. The van der Waals surface area contributed by atoms with Crippen molar-refractivity contribution in [2.24, 2.45) is 5.92 Å². The molecule has 0 amide bonds. The molecule has 2 bridgehead atoms. The first kappa shape index (κ1) is 20.1. The molecule has 3 heterocycles. The Morgan fingerprint density at radius 3 is 2.53 bits per heavy atom. The van der Waals surface area contributed by atoms with Crippen molar-refractivity contribution in [3.63, 3.8) is 0 Å². The number of ether oxygens (including phenoxy) is 2. The normalized spacial score (nSPS) is 26.4. The number of aromatic nitrogens is 1. The standard InChI is InChI=1S/C25H34N2O3/c1-17(28)24-15-26(25-9-8-21(29-2)14-23(24)25)10-3-11-27-19-6-7-20(27)13-22(12-19)30-16-18-4-5-18/h8-9,14-15,18-20,22H,3-7,10-13,16H2,1-2H3. The topological polar surface area (TPSA) is 43.7 Å². The predicted octanol–water partition coefficient (Wildman–Crippen LogP) is 4.66. The van der Waals surface area contributed by atoms with E-state index < -0.39 is 0 Å². The van der Waals surface area contributed by atoms with Gasteiger partial charge in [-0.2, -0.15) is 0 Å². The Labute approximate surface area is 179 Å². The number of rotatable bonds is 9. The zero-order valence-electron chi connectivity index (χ0n) is 18.3. The average molecular weight is 411 g/mol. The second-order valence-electron chi connectivity index (χ2n) is 9.52. The number of carbonyl (C=O) groups is 1. The molecule has 0 N–H and O–H groups in total. The fraction of sp³-hybridized carbons (Fsp3) is 0.640. The molecule has 2 aromatic rings. The first-order chi connectivity index (χ1) is 14.6. The third-order valence-corrected chi connectivity index (χ3v) is 7.39. The van der Waals surface area contributed by atoms with Gasteiger partial charge in [-0.15, -0.1) is 0 Å². The lowest BCUT2D eigenvalue weighted by Gasteiger charge is -2.39. The van der Waals surface area contributed by atoms with Crippen molar-refractivity contribution in [2.75, 3.05) is 20.3 Å². The molecule has 5 nitrogen and oxygen atoms in total. The largest absolute Gasteiger partial charge is 0.497 e. The quantitative estimate of drug-likeness (QED) is 0.564. The van der Waals surface area contributed by atoms with Gasteiger partial charge in [-0.3, -0.25) is 9.69 Å². The van der Waals surface area contributed by atoms with Crippen molar-refractivity contribution in [3.05, 3.63) is 30.0 Å². The minimum atomic E-state index is 0.110. The van der Waals surface area contributed by atoms with E-state index in [9.17, 15) is 4.79 Å². The average Bonchev–Trinajstić information content (AvgIpc) is 3.46. The fourth-order valence-corrected chi connectivity index (χ4v) is 5.57. The Hall–Kier alpha value is -1.85. The molecule has 2 saturated heterocycles. The van der Waals surface area contributed by atoms with E-state index in [1.54, 1.807) is 14.0 Å². The maximum Gasteiger partial charge on any atom is 0.161 e. The van der Waals surface area contributed by atoms with E-state index in [0.29, 0.717) is 18.2 Å². The number of nitrogens with zero attached hydrogens (tertiary/aromatic N) is 2. The summed E-state index contributed by atoms with van der Waals surface area (Å²) in [6.45, 7) is 4.71. The highest BCUT2D eigenvalue weighted by Gasteiger charge is 2.41. The summed E-state index contributed by atoms with van der Waals surface area (Å²) in [4.78, 5) is 14.9. The zero-order valence-corrected chi connectivity index (χ0v) is 18.3. The van der Waals surface area contributed by atoms with E-state index in [4.69, 9.17) is 9.47 Å². The van der Waals surface area contributed by atoms with Crippen molar-refractivity contribution in [2.45, 2.75) is 76.6 Å². The monoisotopic (exact) mass is 410 g/mol. The van der Waals surface area contributed by atoms with Crippen LogP contribution in [0.25, 0.3) is 10.9 Å². The summed E-state index contributed by atoms with van der Waals surface area (Å²) in [7, 11) is 1.67. The summed E-state index contributed by atoms with van der Waals surface area (Å²) in [5.41, 5.74) is 1.91. The minimum absolute atomic E-state index is 0.110. The Bertz CT molecular complexity index is 902. The molecular weight excluding hydrogens is 376 g/mol. The smallest absolute Gasteiger partial charge is 0.161 e. The molecule has 5 rings (SSSR count). The second-order valence-corrected chi connectivity index (χ2v) is 9.52. The van der Waals surface area contributed by atoms with Crippen LogP contribution < -0.4 is 4.74 Å². The van der Waals surface area contributed by atoms with E-state index in [-0.39, 0.29) is 5.78 Å². The number of aryl methyl sites for hydroxylation is 1. The number of hydrogen-bond acceptors (Lipinski definition) is 4. The number of hydrogen-bond donors (Lipinski definition) is 0. The summed E-state index contributed by atoms with van der Waals surface area (Å²) >= 11 is 0. The maximum absolute atomic E-state index is 12.1. The van der Waals surface area contributed by atoms with Crippen LogP contribution in [-0.2, 0) is 11.3 Å². The van der Waals surface area contributed by atoms with Crippen LogP contribution >= 0.6 is 0 Å². The number of Topliss-reactive ketones (excluding diaryl/α,β-unsaturated/α-hetero) is 1. The maximum atomic E-state index is 12.1. The molecule has 30 heavy (non-hydrogen) atoms. The summed E-state index contributed by atoms with van der Waals surface area (Å²) in [6.07, 6.45) is 11.4. The second kappa shape index (κ2) is 8.35. The molecule has 0 spiro atoms. The van der Waals surface area contributed by atoms with Gasteiger partial charge < -0.3 is 14.0 Å². The summed E-state index contributed by atoms with van der Waals surface area (Å²) in [5, 5.41) is 0.996. The van der Waals surface area contributed by atoms with Gasteiger partial charge in [0.05, 0.1) is 13.2 Å². The molecule has 0 radical (unpaired) electrons. The van der Waals surface area contributed by atoms with E-state index >= 15 is 0 Å². The molecule has 3 aliphatic rings. The van der Waals surface area contributed by atoms with Crippen LogP contribution in [0.3, 0.4) is 0 Å². The number of carbonyl (C=O) groups excluding carboxylic acids is 1. The molecule has 1 saturated carbocycles. The Morgan fingerprint density at radius 2 is 1.87 bits per heavy atom. The number of methoxy groups -OCH3 is 1. The number of ketones is 1. The minimum Gasteiger partial charge on any atom is -0.497 e. The van der Waals surface area contributed by atoms with Crippen molar-refractivity contribution < 1.29 is 14.3 Å². The molecule has 1 aromatic heterocycles. The molecule has 2 aliphatic heterocycles. The van der Waals surface area contributed by atoms with Gasteiger partial charge >= 0.3 is 0 Å².